The number of nitrogens with zero attached hydrogens (tertiary/aromatic N) is 2. The molecule has 0 saturated carbocycles. The second kappa shape index (κ2) is 5.92. The highest BCUT2D eigenvalue weighted by Gasteiger charge is 2.14. The second-order valence-corrected chi connectivity index (χ2v) is 3.89. The average Bonchev–Trinajstić information content (AvgIpc) is 2.26. The van der Waals surface area contributed by atoms with Crippen molar-refractivity contribution in [1.29, 1.82) is 0 Å². The van der Waals surface area contributed by atoms with Gasteiger partial charge in [0.25, 0.3) is 0 Å². The lowest BCUT2D eigenvalue weighted by Gasteiger charge is -2.21. The van der Waals surface area contributed by atoms with Crippen LogP contribution in [-0.2, 0) is 9.53 Å². The third kappa shape index (κ3) is 3.25. The number of carbonyl (C=O) groups is 1. The van der Waals surface area contributed by atoms with E-state index in [1.54, 1.807) is 11.0 Å². The molecule has 0 aliphatic carbocycles. The van der Waals surface area contributed by atoms with Gasteiger partial charge in [-0.25, -0.2) is 4.98 Å². The largest absolute Gasteiger partial charge is 0.468 e. The molecule has 0 spiro atoms. The molecule has 1 aromatic heterocycles. The number of anilines is 1. The van der Waals surface area contributed by atoms with Gasteiger partial charge >= 0.3 is 5.97 Å². The van der Waals surface area contributed by atoms with Crippen molar-refractivity contribution in [2.24, 2.45) is 0 Å². The molecule has 6 heteroatoms. The minimum absolute atomic E-state index is 0.112. The number of hydrogen-bond acceptors (Lipinski definition) is 4. The summed E-state index contributed by atoms with van der Waals surface area (Å²) in [6.07, 6.45) is 1.49. The summed E-state index contributed by atoms with van der Waals surface area (Å²) in [6, 6.07) is 1.59. The number of hydrogen-bond donors (Lipinski definition) is 0. The molecule has 0 amide bonds. The summed E-state index contributed by atoms with van der Waals surface area (Å²) in [5.41, 5.74) is 0. The maximum atomic E-state index is 11.2. The molecule has 0 saturated heterocycles. The lowest BCUT2D eigenvalue weighted by molar-refractivity contribution is -0.138. The quantitative estimate of drug-likeness (QED) is 0.782. The Morgan fingerprint density at radius 2 is 2.25 bits per heavy atom. The normalized spacial score (nSPS) is 10.0. The molecular formula is C10H12Cl2N2O2. The second-order valence-electron chi connectivity index (χ2n) is 3.05. The van der Waals surface area contributed by atoms with Crippen LogP contribution in [0.5, 0.6) is 0 Å². The molecule has 0 aliphatic rings. The Hall–Kier alpha value is -1.000. The van der Waals surface area contributed by atoms with Gasteiger partial charge in [-0.3, -0.25) is 4.79 Å². The van der Waals surface area contributed by atoms with Crippen molar-refractivity contribution >= 4 is 35.0 Å². The van der Waals surface area contributed by atoms with Crippen molar-refractivity contribution in [3.8, 4) is 0 Å². The molecule has 1 aromatic rings. The summed E-state index contributed by atoms with van der Waals surface area (Å²) in [5, 5.41) is 0.876. The average molecular weight is 263 g/mol. The minimum Gasteiger partial charge on any atom is -0.468 e. The van der Waals surface area contributed by atoms with Crippen LogP contribution in [0, 0.1) is 0 Å². The number of likely N-dealkylation sites (N-methyl/N-ethyl adjacent to an activating group) is 1. The van der Waals surface area contributed by atoms with Crippen LogP contribution in [0.25, 0.3) is 0 Å². The molecule has 0 aromatic carbocycles. The number of halogens is 2. The van der Waals surface area contributed by atoms with E-state index in [2.05, 4.69) is 9.72 Å². The predicted octanol–water partition coefficient (Wildman–Crippen LogP) is 2.39. The zero-order valence-corrected chi connectivity index (χ0v) is 10.5. The van der Waals surface area contributed by atoms with E-state index in [4.69, 9.17) is 23.2 Å². The van der Waals surface area contributed by atoms with Gasteiger partial charge in [-0.1, -0.05) is 23.2 Å². The summed E-state index contributed by atoms with van der Waals surface area (Å²) in [6.45, 7) is 2.61. The molecule has 0 atom stereocenters. The zero-order valence-electron chi connectivity index (χ0n) is 9.04. The van der Waals surface area contributed by atoms with E-state index in [0.717, 1.165) is 0 Å². The number of esters is 1. The Morgan fingerprint density at radius 1 is 1.56 bits per heavy atom. The van der Waals surface area contributed by atoms with E-state index < -0.39 is 0 Å². The molecular weight excluding hydrogens is 251 g/mol. The monoisotopic (exact) mass is 262 g/mol. The summed E-state index contributed by atoms with van der Waals surface area (Å²) in [5.74, 6) is 0.189. The van der Waals surface area contributed by atoms with E-state index in [9.17, 15) is 4.79 Å². The van der Waals surface area contributed by atoms with Crippen molar-refractivity contribution < 1.29 is 9.53 Å². The highest BCUT2D eigenvalue weighted by molar-refractivity contribution is 6.36. The lowest BCUT2D eigenvalue weighted by atomic mass is 10.4. The van der Waals surface area contributed by atoms with Crippen molar-refractivity contribution in [3.05, 3.63) is 22.3 Å². The van der Waals surface area contributed by atoms with E-state index in [-0.39, 0.29) is 12.5 Å². The molecule has 0 unspecified atom stereocenters. The zero-order chi connectivity index (χ0) is 12.1. The SMILES string of the molecule is CCN(CC(=O)OC)c1ncc(Cl)cc1Cl. The Balaban J connectivity index is 2.90. The maximum Gasteiger partial charge on any atom is 0.325 e. The van der Waals surface area contributed by atoms with Gasteiger partial charge in [0.1, 0.15) is 12.4 Å². The van der Waals surface area contributed by atoms with E-state index in [1.807, 2.05) is 6.92 Å². The van der Waals surface area contributed by atoms with Crippen LogP contribution in [-0.4, -0.2) is 31.2 Å². The van der Waals surface area contributed by atoms with E-state index >= 15 is 0 Å². The van der Waals surface area contributed by atoms with Crippen LogP contribution >= 0.6 is 23.2 Å². The van der Waals surface area contributed by atoms with Crippen LogP contribution in [0.15, 0.2) is 12.3 Å². The number of ether oxygens (including phenoxy) is 1. The third-order valence-electron chi connectivity index (χ3n) is 2.02. The standard InChI is InChI=1S/C10H12Cl2N2O2/c1-3-14(6-9(15)16-2)10-8(12)4-7(11)5-13-10/h4-5H,3,6H2,1-2H3. The summed E-state index contributed by atoms with van der Waals surface area (Å²) >= 11 is 11.7. The topological polar surface area (TPSA) is 42.4 Å². The highest BCUT2D eigenvalue weighted by Crippen LogP contribution is 2.25. The van der Waals surface area contributed by atoms with Crippen molar-refractivity contribution in [2.75, 3.05) is 25.1 Å². The lowest BCUT2D eigenvalue weighted by Crippen LogP contribution is -2.31. The molecule has 88 valence electrons. The Labute approximate surface area is 104 Å². The molecule has 0 aliphatic heterocycles. The van der Waals surface area contributed by atoms with Gasteiger partial charge in [-0.15, -0.1) is 0 Å². The predicted molar refractivity (Wildman–Crippen MR) is 64.2 cm³/mol. The number of aromatic nitrogens is 1. The van der Waals surface area contributed by atoms with E-state index in [1.165, 1.54) is 13.3 Å². The molecule has 4 nitrogen and oxygen atoms in total. The number of pyridine rings is 1. The fourth-order valence-corrected chi connectivity index (χ4v) is 1.70. The first kappa shape index (κ1) is 13.1. The molecule has 0 radical (unpaired) electrons. The fourth-order valence-electron chi connectivity index (χ4n) is 1.20. The minimum atomic E-state index is -0.338. The summed E-state index contributed by atoms with van der Waals surface area (Å²) < 4.78 is 4.59. The Kier molecular flexibility index (Phi) is 4.83. The maximum absolute atomic E-state index is 11.2. The van der Waals surface area contributed by atoms with Crippen LogP contribution in [0.4, 0.5) is 5.82 Å². The molecule has 0 bridgehead atoms. The van der Waals surface area contributed by atoms with Crippen LogP contribution in [0.3, 0.4) is 0 Å². The smallest absolute Gasteiger partial charge is 0.325 e. The molecule has 1 rings (SSSR count). The van der Waals surface area contributed by atoms with E-state index in [0.29, 0.717) is 22.4 Å². The molecule has 16 heavy (non-hydrogen) atoms. The van der Waals surface area contributed by atoms with Gasteiger partial charge in [0.05, 0.1) is 17.2 Å². The Morgan fingerprint density at radius 3 is 2.75 bits per heavy atom. The van der Waals surface area contributed by atoms with Gasteiger partial charge in [-0.05, 0) is 13.0 Å². The fraction of sp³-hybridized carbons (Fsp3) is 0.400. The molecule has 0 N–H and O–H groups in total. The van der Waals surface area contributed by atoms with Gasteiger partial charge in [0.2, 0.25) is 0 Å². The highest BCUT2D eigenvalue weighted by atomic mass is 35.5. The van der Waals surface area contributed by atoms with Gasteiger partial charge < -0.3 is 9.64 Å². The summed E-state index contributed by atoms with van der Waals surface area (Å²) in [7, 11) is 1.34. The number of rotatable bonds is 4. The first-order valence-corrected chi connectivity index (χ1v) is 5.46. The van der Waals surface area contributed by atoms with Gasteiger partial charge in [-0.2, -0.15) is 0 Å². The van der Waals surface area contributed by atoms with Crippen LogP contribution in [0.1, 0.15) is 6.92 Å². The van der Waals surface area contributed by atoms with Crippen LogP contribution < -0.4 is 4.90 Å². The van der Waals surface area contributed by atoms with Crippen molar-refractivity contribution in [1.82, 2.24) is 4.98 Å². The number of carbonyl (C=O) groups excluding carboxylic acids is 1. The Bertz CT molecular complexity index is 385. The first-order chi connectivity index (χ1) is 7.58. The molecule has 0 fully saturated rings. The first-order valence-electron chi connectivity index (χ1n) is 4.71. The van der Waals surface area contributed by atoms with Crippen molar-refractivity contribution in [2.45, 2.75) is 6.92 Å². The van der Waals surface area contributed by atoms with Gasteiger partial charge in [0.15, 0.2) is 0 Å². The molecule has 1 heterocycles. The van der Waals surface area contributed by atoms with Crippen LogP contribution in [0.2, 0.25) is 10.0 Å². The third-order valence-corrected chi connectivity index (χ3v) is 2.50. The number of methoxy groups -OCH3 is 1. The summed E-state index contributed by atoms with van der Waals surface area (Å²) in [4.78, 5) is 17.0. The van der Waals surface area contributed by atoms with Gasteiger partial charge in [0, 0.05) is 12.7 Å². The van der Waals surface area contributed by atoms with Crippen molar-refractivity contribution in [3.63, 3.8) is 0 Å².